The van der Waals surface area contributed by atoms with E-state index in [9.17, 15) is 5.11 Å². The van der Waals surface area contributed by atoms with Crippen LogP contribution in [0.15, 0.2) is 30.3 Å². The molecular formula is C16H16O5. The van der Waals surface area contributed by atoms with Crippen LogP contribution < -0.4 is 9.47 Å². The molecule has 2 fully saturated rings. The summed E-state index contributed by atoms with van der Waals surface area (Å²) in [6, 6.07) is 9.18. The van der Waals surface area contributed by atoms with Gasteiger partial charge in [-0.2, -0.15) is 0 Å². The Kier molecular flexibility index (Phi) is 3.09. The third kappa shape index (κ3) is 2.75. The van der Waals surface area contributed by atoms with Gasteiger partial charge in [-0.3, -0.25) is 0 Å². The van der Waals surface area contributed by atoms with Crippen LogP contribution in [0.4, 0.5) is 0 Å². The van der Waals surface area contributed by atoms with Crippen LogP contribution >= 0.6 is 0 Å². The van der Waals surface area contributed by atoms with Crippen molar-refractivity contribution >= 4 is 10.8 Å². The van der Waals surface area contributed by atoms with Crippen molar-refractivity contribution in [3.05, 3.63) is 30.3 Å². The minimum atomic E-state index is 0.151. The molecule has 2 heterocycles. The highest BCUT2D eigenvalue weighted by atomic mass is 16.6. The predicted octanol–water partition coefficient (Wildman–Crippen LogP) is 2.10. The zero-order chi connectivity index (χ0) is 14.2. The SMILES string of the molecule is Oc1cc(OCC2CO2)c(OCC2CO2)c2ccccc12. The molecule has 5 heteroatoms. The summed E-state index contributed by atoms with van der Waals surface area (Å²) in [5, 5.41) is 11.7. The van der Waals surface area contributed by atoms with Crippen molar-refractivity contribution < 1.29 is 24.1 Å². The van der Waals surface area contributed by atoms with Gasteiger partial charge in [-0.25, -0.2) is 0 Å². The first-order chi connectivity index (χ1) is 10.3. The van der Waals surface area contributed by atoms with Gasteiger partial charge in [0.1, 0.15) is 31.2 Å². The lowest BCUT2D eigenvalue weighted by atomic mass is 10.1. The standard InChI is InChI=1S/C16H16O5/c17-14-5-15(20-8-10-6-18-10)16(21-9-11-7-19-11)13-4-2-1-3-12(13)14/h1-5,10-11,17H,6-9H2. The molecule has 2 saturated heterocycles. The number of rotatable bonds is 6. The van der Waals surface area contributed by atoms with Crippen LogP contribution in [-0.4, -0.2) is 43.7 Å². The molecule has 0 bridgehead atoms. The van der Waals surface area contributed by atoms with E-state index in [0.717, 1.165) is 24.0 Å². The van der Waals surface area contributed by atoms with Crippen LogP contribution in [0.1, 0.15) is 0 Å². The van der Waals surface area contributed by atoms with Gasteiger partial charge in [-0.05, 0) is 0 Å². The number of phenolic OH excluding ortho intramolecular Hbond substituents is 1. The second-order valence-corrected chi connectivity index (χ2v) is 5.30. The Labute approximate surface area is 122 Å². The molecule has 2 aromatic rings. The molecule has 0 aromatic heterocycles. The highest BCUT2D eigenvalue weighted by molar-refractivity contribution is 5.95. The lowest BCUT2D eigenvalue weighted by Crippen LogP contribution is -2.09. The molecule has 0 amide bonds. The van der Waals surface area contributed by atoms with Crippen LogP contribution in [-0.2, 0) is 9.47 Å². The number of aromatic hydroxyl groups is 1. The minimum Gasteiger partial charge on any atom is -0.507 e. The summed E-state index contributed by atoms with van der Waals surface area (Å²) in [5.74, 6) is 1.38. The first-order valence-corrected chi connectivity index (χ1v) is 7.05. The van der Waals surface area contributed by atoms with Gasteiger partial charge in [-0.15, -0.1) is 0 Å². The number of fused-ring (bicyclic) bond motifs is 1. The zero-order valence-corrected chi connectivity index (χ0v) is 11.5. The average molecular weight is 288 g/mol. The van der Waals surface area contributed by atoms with Gasteiger partial charge in [0.15, 0.2) is 11.5 Å². The smallest absolute Gasteiger partial charge is 0.169 e. The summed E-state index contributed by atoms with van der Waals surface area (Å²) in [5.41, 5.74) is 0. The summed E-state index contributed by atoms with van der Waals surface area (Å²) in [4.78, 5) is 0. The molecule has 0 aliphatic carbocycles. The molecule has 2 atom stereocenters. The van der Waals surface area contributed by atoms with Crippen molar-refractivity contribution in [2.45, 2.75) is 12.2 Å². The summed E-state index contributed by atoms with van der Waals surface area (Å²) < 4.78 is 22.0. The van der Waals surface area contributed by atoms with Crippen molar-refractivity contribution in [1.82, 2.24) is 0 Å². The minimum absolute atomic E-state index is 0.151. The molecule has 1 N–H and O–H groups in total. The van der Waals surface area contributed by atoms with E-state index in [1.165, 1.54) is 0 Å². The quantitative estimate of drug-likeness (QED) is 0.825. The molecule has 4 rings (SSSR count). The van der Waals surface area contributed by atoms with E-state index in [1.54, 1.807) is 6.07 Å². The predicted molar refractivity (Wildman–Crippen MR) is 76.1 cm³/mol. The second-order valence-electron chi connectivity index (χ2n) is 5.30. The molecule has 0 spiro atoms. The Balaban J connectivity index is 1.70. The summed E-state index contributed by atoms with van der Waals surface area (Å²) >= 11 is 0. The highest BCUT2D eigenvalue weighted by Crippen LogP contribution is 2.41. The first-order valence-electron chi connectivity index (χ1n) is 7.05. The molecule has 21 heavy (non-hydrogen) atoms. The van der Waals surface area contributed by atoms with Gasteiger partial charge in [0.2, 0.25) is 0 Å². The maximum Gasteiger partial charge on any atom is 0.169 e. The van der Waals surface area contributed by atoms with Crippen LogP contribution in [0.5, 0.6) is 17.2 Å². The van der Waals surface area contributed by atoms with Crippen molar-refractivity contribution in [3.8, 4) is 17.2 Å². The average Bonchev–Trinajstić information content (AvgIpc) is 3.38. The highest BCUT2D eigenvalue weighted by Gasteiger charge is 2.26. The Morgan fingerprint density at radius 1 is 1.00 bits per heavy atom. The lowest BCUT2D eigenvalue weighted by Gasteiger charge is -2.15. The summed E-state index contributed by atoms with van der Waals surface area (Å²) in [6.07, 6.45) is 0.315. The van der Waals surface area contributed by atoms with E-state index in [1.807, 2.05) is 24.3 Å². The number of ether oxygens (including phenoxy) is 4. The third-order valence-electron chi connectivity index (χ3n) is 3.58. The maximum absolute atomic E-state index is 10.2. The summed E-state index contributed by atoms with van der Waals surface area (Å²) in [7, 11) is 0. The Hall–Kier alpha value is -1.98. The van der Waals surface area contributed by atoms with Gasteiger partial charge < -0.3 is 24.1 Å². The number of epoxide rings is 2. The largest absolute Gasteiger partial charge is 0.507 e. The fourth-order valence-electron chi connectivity index (χ4n) is 2.25. The second kappa shape index (κ2) is 5.09. The monoisotopic (exact) mass is 288 g/mol. The van der Waals surface area contributed by atoms with E-state index in [2.05, 4.69) is 0 Å². The van der Waals surface area contributed by atoms with Gasteiger partial charge in [0.05, 0.1) is 13.2 Å². The number of phenols is 1. The molecule has 2 unspecified atom stereocenters. The first kappa shape index (κ1) is 12.7. The van der Waals surface area contributed by atoms with Crippen molar-refractivity contribution in [3.63, 3.8) is 0 Å². The van der Waals surface area contributed by atoms with Crippen molar-refractivity contribution in [2.75, 3.05) is 26.4 Å². The zero-order valence-electron chi connectivity index (χ0n) is 11.5. The number of hydrogen-bond donors (Lipinski definition) is 1. The molecule has 0 radical (unpaired) electrons. The van der Waals surface area contributed by atoms with Crippen LogP contribution in [0.3, 0.4) is 0 Å². The molecular weight excluding hydrogens is 272 g/mol. The van der Waals surface area contributed by atoms with E-state index in [-0.39, 0.29) is 18.0 Å². The van der Waals surface area contributed by atoms with E-state index < -0.39 is 0 Å². The van der Waals surface area contributed by atoms with Gasteiger partial charge >= 0.3 is 0 Å². The molecule has 2 aliphatic heterocycles. The lowest BCUT2D eigenvalue weighted by molar-refractivity contribution is 0.229. The van der Waals surface area contributed by atoms with Crippen molar-refractivity contribution in [2.24, 2.45) is 0 Å². The van der Waals surface area contributed by atoms with Crippen LogP contribution in [0.2, 0.25) is 0 Å². The maximum atomic E-state index is 10.2. The number of benzene rings is 2. The van der Waals surface area contributed by atoms with Crippen LogP contribution in [0, 0.1) is 0 Å². The van der Waals surface area contributed by atoms with Crippen molar-refractivity contribution in [1.29, 1.82) is 0 Å². The van der Waals surface area contributed by atoms with Crippen LogP contribution in [0.25, 0.3) is 10.8 Å². The molecule has 0 saturated carbocycles. The molecule has 2 aromatic carbocycles. The topological polar surface area (TPSA) is 63.8 Å². The third-order valence-corrected chi connectivity index (χ3v) is 3.58. The Morgan fingerprint density at radius 3 is 2.29 bits per heavy atom. The molecule has 5 nitrogen and oxygen atoms in total. The van der Waals surface area contributed by atoms with Gasteiger partial charge in [-0.1, -0.05) is 24.3 Å². The van der Waals surface area contributed by atoms with E-state index in [0.29, 0.717) is 24.7 Å². The Bertz CT molecular complexity index is 661. The Morgan fingerprint density at radius 2 is 1.62 bits per heavy atom. The van der Waals surface area contributed by atoms with Gasteiger partial charge in [0.25, 0.3) is 0 Å². The normalized spacial score (nSPS) is 23.0. The van der Waals surface area contributed by atoms with E-state index in [4.69, 9.17) is 18.9 Å². The van der Waals surface area contributed by atoms with E-state index >= 15 is 0 Å². The molecule has 2 aliphatic rings. The fourth-order valence-corrected chi connectivity index (χ4v) is 2.25. The fraction of sp³-hybridized carbons (Fsp3) is 0.375. The number of hydrogen-bond acceptors (Lipinski definition) is 5. The molecule has 110 valence electrons. The van der Waals surface area contributed by atoms with Gasteiger partial charge in [0, 0.05) is 16.8 Å². The summed E-state index contributed by atoms with van der Waals surface area (Å²) in [6.45, 7) is 2.42.